The molecule has 2 aliphatic heterocycles. The van der Waals surface area contributed by atoms with Gasteiger partial charge in [-0.15, -0.1) is 0 Å². The van der Waals surface area contributed by atoms with Crippen molar-refractivity contribution < 1.29 is 22.7 Å². The van der Waals surface area contributed by atoms with Crippen LogP contribution in [0.1, 0.15) is 45.1 Å². The maximum Gasteiger partial charge on any atom is 0.240 e. The molecule has 1 saturated heterocycles. The number of likely N-dealkylation sites (tertiary alicyclic amines) is 1. The first-order chi connectivity index (χ1) is 12.3. The molecule has 8 heteroatoms. The van der Waals surface area contributed by atoms with E-state index in [9.17, 15) is 13.2 Å². The minimum absolute atomic E-state index is 0.0630. The molecule has 2 aliphatic rings. The lowest BCUT2D eigenvalue weighted by Gasteiger charge is -2.36. The molecule has 1 aromatic rings. The van der Waals surface area contributed by atoms with Crippen LogP contribution in [0.25, 0.3) is 0 Å². The van der Waals surface area contributed by atoms with Crippen molar-refractivity contribution >= 4 is 27.3 Å². The topological polar surface area (TPSA) is 72.9 Å². The summed E-state index contributed by atoms with van der Waals surface area (Å²) in [7, 11) is -3.67. The lowest BCUT2D eigenvalue weighted by atomic mass is 10.00. The number of ether oxygens (including phenoxy) is 2. The van der Waals surface area contributed by atoms with Crippen LogP contribution < -0.4 is 9.47 Å². The van der Waals surface area contributed by atoms with Crippen molar-refractivity contribution in [2.24, 2.45) is 0 Å². The molecular weight excluding hydrogens is 378 g/mol. The van der Waals surface area contributed by atoms with E-state index in [0.29, 0.717) is 28.6 Å². The van der Waals surface area contributed by atoms with Crippen molar-refractivity contribution in [3.8, 4) is 11.5 Å². The van der Waals surface area contributed by atoms with Gasteiger partial charge in [0.05, 0.1) is 10.8 Å². The number of fused-ring (bicyclic) bond motifs is 1. The van der Waals surface area contributed by atoms with E-state index in [2.05, 4.69) is 0 Å². The normalized spacial score (nSPS) is 20.9. The number of amides is 1. The van der Waals surface area contributed by atoms with Crippen molar-refractivity contribution in [1.82, 2.24) is 4.90 Å². The number of hydrogen-bond donors (Lipinski definition) is 0. The fourth-order valence-corrected chi connectivity index (χ4v) is 5.18. The predicted molar refractivity (Wildman–Crippen MR) is 99.3 cm³/mol. The minimum Gasteiger partial charge on any atom is -0.454 e. The van der Waals surface area contributed by atoms with Gasteiger partial charge in [0, 0.05) is 12.6 Å². The Morgan fingerprint density at radius 3 is 2.85 bits per heavy atom. The van der Waals surface area contributed by atoms with Crippen LogP contribution in [0, 0.1) is 0 Å². The maximum atomic E-state index is 12.8. The Labute approximate surface area is 159 Å². The van der Waals surface area contributed by atoms with Crippen LogP contribution in [-0.4, -0.2) is 43.9 Å². The van der Waals surface area contributed by atoms with Gasteiger partial charge >= 0.3 is 0 Å². The molecule has 0 aromatic heterocycles. The Kier molecular flexibility index (Phi) is 5.67. The number of piperidine rings is 1. The molecule has 144 valence electrons. The number of halogens is 1. The van der Waals surface area contributed by atoms with Crippen LogP contribution in [0.15, 0.2) is 12.1 Å². The number of nitrogens with zero attached hydrogens (tertiary/aromatic N) is 1. The Hall–Kier alpha value is -1.47. The molecule has 0 bridgehead atoms. The highest BCUT2D eigenvalue weighted by Crippen LogP contribution is 2.40. The molecule has 2 atom stereocenters. The maximum absolute atomic E-state index is 12.8. The standard InChI is InChI=1S/C18H24ClNO5S/c1-3-14-6-4-5-7-20(14)18(21)12(2)26(22,23)10-13-8-15(19)17-16(9-13)24-11-25-17/h8-9,12,14H,3-7,10-11H2,1-2H3/t12-,14+/m0/s1. The zero-order chi connectivity index (χ0) is 18.9. The van der Waals surface area contributed by atoms with E-state index < -0.39 is 15.1 Å². The predicted octanol–water partition coefficient (Wildman–Crippen LogP) is 3.16. The van der Waals surface area contributed by atoms with Crippen LogP contribution in [0.2, 0.25) is 5.02 Å². The van der Waals surface area contributed by atoms with Crippen molar-refractivity contribution in [2.75, 3.05) is 13.3 Å². The molecule has 26 heavy (non-hydrogen) atoms. The second kappa shape index (κ2) is 7.64. The zero-order valence-corrected chi connectivity index (χ0v) is 16.6. The Balaban J connectivity index is 1.77. The number of benzene rings is 1. The van der Waals surface area contributed by atoms with E-state index in [-0.39, 0.29) is 24.5 Å². The van der Waals surface area contributed by atoms with Crippen LogP contribution in [0.3, 0.4) is 0 Å². The molecule has 0 saturated carbocycles. The van der Waals surface area contributed by atoms with E-state index in [4.69, 9.17) is 21.1 Å². The van der Waals surface area contributed by atoms with Crippen LogP contribution in [0.5, 0.6) is 11.5 Å². The van der Waals surface area contributed by atoms with Crippen molar-refractivity contribution in [2.45, 2.75) is 56.6 Å². The Morgan fingerprint density at radius 1 is 1.35 bits per heavy atom. The number of carbonyl (C=O) groups is 1. The molecule has 0 unspecified atom stereocenters. The third-order valence-corrected chi connectivity index (χ3v) is 7.42. The highest BCUT2D eigenvalue weighted by atomic mass is 35.5. The van der Waals surface area contributed by atoms with Gasteiger partial charge in [0.25, 0.3) is 0 Å². The van der Waals surface area contributed by atoms with Crippen LogP contribution >= 0.6 is 11.6 Å². The summed E-state index contributed by atoms with van der Waals surface area (Å²) >= 11 is 6.13. The second-order valence-corrected chi connectivity index (χ2v) is 9.58. The van der Waals surface area contributed by atoms with Gasteiger partial charge < -0.3 is 14.4 Å². The highest BCUT2D eigenvalue weighted by Gasteiger charge is 2.35. The molecule has 1 amide bonds. The Bertz CT molecular complexity index is 795. The summed E-state index contributed by atoms with van der Waals surface area (Å²) in [6, 6.07) is 3.30. The van der Waals surface area contributed by atoms with E-state index in [1.165, 1.54) is 6.92 Å². The van der Waals surface area contributed by atoms with Gasteiger partial charge in [0.15, 0.2) is 21.3 Å². The van der Waals surface area contributed by atoms with Crippen LogP contribution in [0.4, 0.5) is 0 Å². The number of carbonyl (C=O) groups excluding carboxylic acids is 1. The minimum atomic E-state index is -3.67. The quantitative estimate of drug-likeness (QED) is 0.757. The van der Waals surface area contributed by atoms with Gasteiger partial charge in [-0.05, 0) is 50.3 Å². The largest absolute Gasteiger partial charge is 0.454 e. The van der Waals surface area contributed by atoms with Gasteiger partial charge in [-0.1, -0.05) is 18.5 Å². The van der Waals surface area contributed by atoms with E-state index in [0.717, 1.165) is 25.7 Å². The molecule has 2 heterocycles. The smallest absolute Gasteiger partial charge is 0.240 e. The first-order valence-corrected chi connectivity index (χ1v) is 11.0. The fraction of sp³-hybridized carbons (Fsp3) is 0.611. The molecular formula is C18H24ClNO5S. The van der Waals surface area contributed by atoms with Crippen molar-refractivity contribution in [3.05, 3.63) is 22.7 Å². The third kappa shape index (κ3) is 3.78. The SMILES string of the molecule is CC[C@@H]1CCCCN1C(=O)[C@H](C)S(=O)(=O)Cc1cc(Cl)c2c(c1)OCO2. The van der Waals surface area contributed by atoms with Crippen molar-refractivity contribution in [1.29, 1.82) is 0 Å². The summed E-state index contributed by atoms with van der Waals surface area (Å²) in [6.45, 7) is 4.21. The summed E-state index contributed by atoms with van der Waals surface area (Å²) in [5.41, 5.74) is 0.490. The first kappa shape index (κ1) is 19.3. The highest BCUT2D eigenvalue weighted by molar-refractivity contribution is 7.92. The van der Waals surface area contributed by atoms with Gasteiger partial charge in [0.1, 0.15) is 5.25 Å². The van der Waals surface area contributed by atoms with E-state index in [1.807, 2.05) is 6.92 Å². The molecule has 0 N–H and O–H groups in total. The van der Waals surface area contributed by atoms with Gasteiger partial charge in [0.2, 0.25) is 12.7 Å². The number of sulfone groups is 1. The molecule has 3 rings (SSSR count). The summed E-state index contributed by atoms with van der Waals surface area (Å²) < 4.78 is 36.2. The third-order valence-electron chi connectivity index (χ3n) is 5.12. The lowest BCUT2D eigenvalue weighted by molar-refractivity contribution is -0.134. The molecule has 1 fully saturated rings. The van der Waals surface area contributed by atoms with Crippen molar-refractivity contribution in [3.63, 3.8) is 0 Å². The van der Waals surface area contributed by atoms with Crippen LogP contribution in [-0.2, 0) is 20.4 Å². The molecule has 0 radical (unpaired) electrons. The van der Waals surface area contributed by atoms with Gasteiger partial charge in [-0.2, -0.15) is 0 Å². The average molecular weight is 402 g/mol. The molecule has 1 aromatic carbocycles. The summed E-state index contributed by atoms with van der Waals surface area (Å²) in [4.78, 5) is 14.6. The van der Waals surface area contributed by atoms with E-state index in [1.54, 1.807) is 17.0 Å². The lowest BCUT2D eigenvalue weighted by Crippen LogP contribution is -2.49. The van der Waals surface area contributed by atoms with Gasteiger partial charge in [-0.25, -0.2) is 8.42 Å². The van der Waals surface area contributed by atoms with E-state index >= 15 is 0 Å². The average Bonchev–Trinajstić information content (AvgIpc) is 3.09. The van der Waals surface area contributed by atoms with Gasteiger partial charge in [-0.3, -0.25) is 4.79 Å². The zero-order valence-electron chi connectivity index (χ0n) is 15.0. The monoisotopic (exact) mass is 401 g/mol. The number of rotatable bonds is 5. The summed E-state index contributed by atoms with van der Waals surface area (Å²) in [5.74, 6) is 0.296. The fourth-order valence-electron chi connectivity index (χ4n) is 3.56. The summed E-state index contributed by atoms with van der Waals surface area (Å²) in [6.07, 6.45) is 3.79. The molecule has 0 spiro atoms. The molecule has 0 aliphatic carbocycles. The first-order valence-electron chi connectivity index (χ1n) is 8.93. The molecule has 6 nitrogen and oxygen atoms in total. The summed E-state index contributed by atoms with van der Waals surface area (Å²) in [5, 5.41) is -0.773. The number of hydrogen-bond acceptors (Lipinski definition) is 5. The Morgan fingerprint density at radius 2 is 2.12 bits per heavy atom. The second-order valence-electron chi connectivity index (χ2n) is 6.85.